The van der Waals surface area contributed by atoms with Crippen molar-refractivity contribution in [3.8, 4) is 5.75 Å². The highest BCUT2D eigenvalue weighted by molar-refractivity contribution is 7.92. The van der Waals surface area contributed by atoms with Crippen molar-refractivity contribution in [2.45, 2.75) is 57.7 Å². The summed E-state index contributed by atoms with van der Waals surface area (Å²) in [6, 6.07) is 11.6. The van der Waals surface area contributed by atoms with Crippen LogP contribution in [0.2, 0.25) is 0 Å². The summed E-state index contributed by atoms with van der Waals surface area (Å²) in [6.45, 7) is 1.04. The number of hydrogen-bond acceptors (Lipinski definition) is 5. The quantitative estimate of drug-likeness (QED) is 0.519. The number of benzene rings is 2. The molecule has 1 atom stereocenters. The van der Waals surface area contributed by atoms with Crippen LogP contribution in [0.15, 0.2) is 48.5 Å². The molecule has 1 N–H and O–H groups in total. The number of carbonyl (C=O) groups excluding carboxylic acids is 2. The number of nitrogens with zero attached hydrogens (tertiary/aromatic N) is 2. The molecule has 2 aromatic carbocycles. The second-order valence-corrected chi connectivity index (χ2v) is 11.0. The smallest absolute Gasteiger partial charge is 0.244 e. The maximum Gasteiger partial charge on any atom is 0.244 e. The molecule has 0 spiro atoms. The molecule has 0 bridgehead atoms. The molecule has 0 aliphatic heterocycles. The van der Waals surface area contributed by atoms with Crippen LogP contribution in [0.5, 0.6) is 5.75 Å². The second kappa shape index (κ2) is 12.2. The molecule has 0 unspecified atom stereocenters. The minimum absolute atomic E-state index is 0.0533. The number of nitrogens with one attached hydrogen (secondary N) is 1. The van der Waals surface area contributed by atoms with Crippen LogP contribution in [0, 0.1) is 5.82 Å². The molecule has 3 rings (SSSR count). The molecule has 0 aromatic heterocycles. The third kappa shape index (κ3) is 7.19. The van der Waals surface area contributed by atoms with Gasteiger partial charge in [0.1, 0.15) is 24.2 Å². The van der Waals surface area contributed by atoms with Gasteiger partial charge >= 0.3 is 0 Å². The van der Waals surface area contributed by atoms with Crippen LogP contribution in [0.25, 0.3) is 0 Å². The maximum absolute atomic E-state index is 14.5. The molecule has 196 valence electrons. The highest BCUT2D eigenvalue weighted by atomic mass is 32.2. The Labute approximate surface area is 212 Å². The van der Waals surface area contributed by atoms with Gasteiger partial charge in [-0.15, -0.1) is 0 Å². The van der Waals surface area contributed by atoms with Crippen LogP contribution in [-0.4, -0.2) is 57.1 Å². The van der Waals surface area contributed by atoms with Crippen LogP contribution in [0.1, 0.15) is 44.6 Å². The second-order valence-electron chi connectivity index (χ2n) is 9.11. The Morgan fingerprint density at radius 2 is 1.72 bits per heavy atom. The Hall–Kier alpha value is -3.14. The Balaban J connectivity index is 1.87. The van der Waals surface area contributed by atoms with Crippen LogP contribution >= 0.6 is 0 Å². The first-order valence-electron chi connectivity index (χ1n) is 12.0. The lowest BCUT2D eigenvalue weighted by Crippen LogP contribution is -2.53. The first kappa shape index (κ1) is 27.4. The van der Waals surface area contributed by atoms with E-state index in [-0.39, 0.29) is 24.2 Å². The van der Waals surface area contributed by atoms with Gasteiger partial charge in [-0.3, -0.25) is 13.9 Å². The number of ether oxygens (including phenoxy) is 1. The number of sulfonamides is 1. The highest BCUT2D eigenvalue weighted by Crippen LogP contribution is 2.23. The topological polar surface area (TPSA) is 96.0 Å². The minimum Gasteiger partial charge on any atom is -0.497 e. The van der Waals surface area contributed by atoms with Crippen molar-refractivity contribution in [1.82, 2.24) is 10.2 Å². The average Bonchev–Trinajstić information content (AvgIpc) is 2.86. The number of halogens is 1. The summed E-state index contributed by atoms with van der Waals surface area (Å²) >= 11 is 0. The Morgan fingerprint density at radius 3 is 2.31 bits per heavy atom. The fraction of sp³-hybridized carbons (Fsp3) is 0.462. The molecule has 8 nitrogen and oxygen atoms in total. The standard InChI is InChI=1S/C26H34FN3O5S/c1-19(26(32)28-21-9-5-4-6-10-21)29(17-20-13-15-22(35-2)16-14-20)25(31)18-30(36(3,33)34)24-12-8-7-11-23(24)27/h7-8,11-16,19,21H,4-6,9-10,17-18H2,1-3H3,(H,28,32)/t19-/m1/s1. The lowest BCUT2D eigenvalue weighted by molar-refractivity contribution is -0.139. The summed E-state index contributed by atoms with van der Waals surface area (Å²) in [6.07, 6.45) is 5.92. The van der Waals surface area contributed by atoms with Crippen LogP contribution in [0.3, 0.4) is 0 Å². The molecule has 1 aliphatic carbocycles. The van der Waals surface area contributed by atoms with Gasteiger partial charge in [-0.2, -0.15) is 0 Å². The maximum atomic E-state index is 14.5. The Morgan fingerprint density at radius 1 is 1.08 bits per heavy atom. The highest BCUT2D eigenvalue weighted by Gasteiger charge is 2.31. The van der Waals surface area contributed by atoms with E-state index in [0.29, 0.717) is 5.75 Å². The number of methoxy groups -OCH3 is 1. The van der Waals surface area contributed by atoms with E-state index >= 15 is 0 Å². The van der Waals surface area contributed by atoms with Crippen molar-refractivity contribution in [1.29, 1.82) is 0 Å². The fourth-order valence-electron chi connectivity index (χ4n) is 4.33. The lowest BCUT2D eigenvalue weighted by atomic mass is 9.95. The molecule has 2 amide bonds. The molecule has 1 saturated carbocycles. The van der Waals surface area contributed by atoms with Gasteiger partial charge in [0.05, 0.1) is 19.1 Å². The molecule has 1 aliphatic rings. The first-order chi connectivity index (χ1) is 17.1. The van der Waals surface area contributed by atoms with Gasteiger partial charge in [0.15, 0.2) is 0 Å². The summed E-state index contributed by atoms with van der Waals surface area (Å²) in [5, 5.41) is 3.04. The monoisotopic (exact) mass is 519 g/mol. The summed E-state index contributed by atoms with van der Waals surface area (Å²) in [7, 11) is -2.44. The molecule has 2 aromatic rings. The van der Waals surface area contributed by atoms with E-state index in [9.17, 15) is 22.4 Å². The van der Waals surface area contributed by atoms with E-state index < -0.39 is 34.3 Å². The lowest BCUT2D eigenvalue weighted by Gasteiger charge is -2.33. The third-order valence-electron chi connectivity index (χ3n) is 6.43. The van der Waals surface area contributed by atoms with Gasteiger partial charge in [-0.25, -0.2) is 12.8 Å². The van der Waals surface area contributed by atoms with Crippen molar-refractivity contribution in [3.63, 3.8) is 0 Å². The minimum atomic E-state index is -3.99. The van der Waals surface area contributed by atoms with E-state index in [1.165, 1.54) is 23.1 Å². The first-order valence-corrected chi connectivity index (χ1v) is 13.9. The number of hydrogen-bond donors (Lipinski definition) is 1. The van der Waals surface area contributed by atoms with Crippen LogP contribution < -0.4 is 14.4 Å². The molecule has 1 fully saturated rings. The third-order valence-corrected chi connectivity index (χ3v) is 7.56. The number of rotatable bonds is 10. The van der Waals surface area contributed by atoms with E-state index in [2.05, 4.69) is 5.32 Å². The molecule has 36 heavy (non-hydrogen) atoms. The molecule has 0 heterocycles. The number of anilines is 1. The SMILES string of the molecule is COc1ccc(CN(C(=O)CN(c2ccccc2F)S(C)(=O)=O)[C@H](C)C(=O)NC2CCCCC2)cc1. The van der Waals surface area contributed by atoms with E-state index in [4.69, 9.17) is 4.74 Å². The van der Waals surface area contributed by atoms with Gasteiger partial charge in [0.25, 0.3) is 0 Å². The van der Waals surface area contributed by atoms with Crippen LogP contribution in [0.4, 0.5) is 10.1 Å². The predicted molar refractivity (Wildman–Crippen MR) is 137 cm³/mol. The molecule has 10 heteroatoms. The zero-order valence-corrected chi connectivity index (χ0v) is 21.8. The van der Waals surface area contributed by atoms with Gasteiger partial charge in [0, 0.05) is 12.6 Å². The zero-order valence-electron chi connectivity index (χ0n) is 20.9. The van der Waals surface area contributed by atoms with Gasteiger partial charge in [-0.05, 0) is 49.6 Å². The number of amides is 2. The Kier molecular flexibility index (Phi) is 9.31. The normalized spacial score (nSPS) is 15.1. The predicted octanol–water partition coefficient (Wildman–Crippen LogP) is 3.47. The molecule has 0 radical (unpaired) electrons. The summed E-state index contributed by atoms with van der Waals surface area (Å²) < 4.78 is 45.5. The van der Waals surface area contributed by atoms with E-state index in [1.54, 1.807) is 38.3 Å². The number of carbonyl (C=O) groups is 2. The van der Waals surface area contributed by atoms with Crippen molar-refractivity contribution >= 4 is 27.5 Å². The molecular weight excluding hydrogens is 485 g/mol. The van der Waals surface area contributed by atoms with Crippen molar-refractivity contribution in [2.24, 2.45) is 0 Å². The largest absolute Gasteiger partial charge is 0.497 e. The van der Waals surface area contributed by atoms with E-state index in [0.717, 1.165) is 54.3 Å². The van der Waals surface area contributed by atoms with Gasteiger partial charge < -0.3 is 15.0 Å². The fourth-order valence-corrected chi connectivity index (χ4v) is 5.18. The summed E-state index contributed by atoms with van der Waals surface area (Å²) in [5.41, 5.74) is 0.510. The van der Waals surface area contributed by atoms with Crippen molar-refractivity contribution in [2.75, 3.05) is 24.2 Å². The van der Waals surface area contributed by atoms with Crippen molar-refractivity contribution in [3.05, 3.63) is 59.9 Å². The molecular formula is C26H34FN3O5S. The summed E-state index contributed by atoms with van der Waals surface area (Å²) in [5.74, 6) is -1.05. The zero-order chi connectivity index (χ0) is 26.3. The summed E-state index contributed by atoms with van der Waals surface area (Å²) in [4.78, 5) is 28.0. The van der Waals surface area contributed by atoms with Gasteiger partial charge in [0.2, 0.25) is 21.8 Å². The molecule has 0 saturated heterocycles. The van der Waals surface area contributed by atoms with Gasteiger partial charge in [-0.1, -0.05) is 43.5 Å². The van der Waals surface area contributed by atoms with E-state index in [1.807, 2.05) is 0 Å². The van der Waals surface area contributed by atoms with Crippen LogP contribution in [-0.2, 0) is 26.2 Å². The Bertz CT molecular complexity index is 1150. The number of para-hydroxylation sites is 1. The van der Waals surface area contributed by atoms with Crippen molar-refractivity contribution < 1.29 is 27.1 Å². The average molecular weight is 520 g/mol.